The quantitative estimate of drug-likeness (QED) is 0.790. The van der Waals surface area contributed by atoms with Gasteiger partial charge in [-0.05, 0) is 37.8 Å². The van der Waals surface area contributed by atoms with Crippen LogP contribution in [0, 0.1) is 17.2 Å². The molecule has 0 saturated heterocycles. The van der Waals surface area contributed by atoms with Crippen LogP contribution in [0.3, 0.4) is 0 Å². The second-order valence-corrected chi connectivity index (χ2v) is 5.58. The molecule has 92 valence electrons. The predicted octanol–water partition coefficient (Wildman–Crippen LogP) is 3.62. The minimum Gasteiger partial charge on any atom is -0.326 e. The number of benzene rings is 1. The summed E-state index contributed by atoms with van der Waals surface area (Å²) in [5.74, 6) is 1.63. The first-order chi connectivity index (χ1) is 8.70. The van der Waals surface area contributed by atoms with E-state index in [1.807, 2.05) is 19.1 Å². The maximum atomic E-state index is 9.14. The molecule has 0 spiro atoms. The van der Waals surface area contributed by atoms with Crippen molar-refractivity contribution in [3.8, 4) is 6.07 Å². The van der Waals surface area contributed by atoms with Gasteiger partial charge in [-0.3, -0.25) is 0 Å². The highest BCUT2D eigenvalue weighted by Gasteiger charge is 2.25. The molecular weight excluding hydrogens is 246 g/mol. The summed E-state index contributed by atoms with van der Waals surface area (Å²) in [4.78, 5) is 4.57. The van der Waals surface area contributed by atoms with E-state index in [2.05, 4.69) is 15.6 Å². The van der Waals surface area contributed by atoms with Crippen LogP contribution in [-0.2, 0) is 6.54 Å². The van der Waals surface area contributed by atoms with Crippen LogP contribution in [0.2, 0.25) is 0 Å². The molecule has 1 heterocycles. The lowest BCUT2D eigenvalue weighted by Crippen LogP contribution is -2.05. The summed E-state index contributed by atoms with van der Waals surface area (Å²) in [6.45, 7) is 2.90. The number of hydrogen-bond acceptors (Lipinski definition) is 2. The minimum absolute atomic E-state index is 0.136. The molecule has 1 aromatic heterocycles. The van der Waals surface area contributed by atoms with E-state index in [-0.39, 0.29) is 5.38 Å². The SMILES string of the molecule is CC(Cl)c1nc2c(C#N)cccc2n1CC1CC1. The minimum atomic E-state index is -0.136. The topological polar surface area (TPSA) is 41.6 Å². The van der Waals surface area contributed by atoms with E-state index in [0.717, 1.165) is 29.3 Å². The van der Waals surface area contributed by atoms with Gasteiger partial charge in [-0.2, -0.15) is 5.26 Å². The fourth-order valence-corrected chi connectivity index (χ4v) is 2.48. The van der Waals surface area contributed by atoms with Gasteiger partial charge in [0.05, 0.1) is 16.5 Å². The highest BCUT2D eigenvalue weighted by molar-refractivity contribution is 6.20. The molecule has 0 N–H and O–H groups in total. The summed E-state index contributed by atoms with van der Waals surface area (Å²) >= 11 is 6.21. The smallest absolute Gasteiger partial charge is 0.127 e. The number of aromatic nitrogens is 2. The Bertz CT molecular complexity index is 632. The van der Waals surface area contributed by atoms with E-state index in [1.165, 1.54) is 12.8 Å². The molecule has 2 aromatic rings. The lowest BCUT2D eigenvalue weighted by atomic mass is 10.2. The normalized spacial score (nSPS) is 16.7. The number of halogens is 1. The zero-order valence-electron chi connectivity index (χ0n) is 10.2. The maximum Gasteiger partial charge on any atom is 0.127 e. The zero-order valence-corrected chi connectivity index (χ0v) is 11.0. The number of nitrogens with zero attached hydrogens (tertiary/aromatic N) is 3. The Labute approximate surface area is 111 Å². The fourth-order valence-electron chi connectivity index (χ4n) is 2.31. The van der Waals surface area contributed by atoms with Crippen LogP contribution in [-0.4, -0.2) is 9.55 Å². The van der Waals surface area contributed by atoms with Crippen LogP contribution >= 0.6 is 11.6 Å². The highest BCUT2D eigenvalue weighted by atomic mass is 35.5. The summed E-state index contributed by atoms with van der Waals surface area (Å²) in [5, 5.41) is 9.00. The first-order valence-electron chi connectivity index (χ1n) is 6.24. The zero-order chi connectivity index (χ0) is 12.7. The first kappa shape index (κ1) is 11.6. The summed E-state index contributed by atoms with van der Waals surface area (Å²) < 4.78 is 2.19. The molecule has 18 heavy (non-hydrogen) atoms. The Kier molecular flexibility index (Phi) is 2.76. The number of fused-ring (bicyclic) bond motifs is 1. The molecule has 1 aliphatic carbocycles. The molecule has 4 heteroatoms. The van der Waals surface area contributed by atoms with Crippen LogP contribution in [0.4, 0.5) is 0 Å². The van der Waals surface area contributed by atoms with Gasteiger partial charge in [0.2, 0.25) is 0 Å². The third kappa shape index (κ3) is 1.87. The average molecular weight is 260 g/mol. The predicted molar refractivity (Wildman–Crippen MR) is 71.4 cm³/mol. The summed E-state index contributed by atoms with van der Waals surface area (Å²) in [6, 6.07) is 7.94. The van der Waals surface area contributed by atoms with Gasteiger partial charge in [0.25, 0.3) is 0 Å². The van der Waals surface area contributed by atoms with E-state index in [0.29, 0.717) is 5.56 Å². The van der Waals surface area contributed by atoms with Gasteiger partial charge in [-0.1, -0.05) is 6.07 Å². The summed E-state index contributed by atoms with van der Waals surface area (Å²) in [6.07, 6.45) is 2.57. The van der Waals surface area contributed by atoms with Crippen molar-refractivity contribution in [2.24, 2.45) is 5.92 Å². The number of rotatable bonds is 3. The largest absolute Gasteiger partial charge is 0.326 e. The molecule has 1 atom stereocenters. The molecule has 3 rings (SSSR count). The lowest BCUT2D eigenvalue weighted by molar-refractivity contribution is 0.610. The molecule has 0 aliphatic heterocycles. The van der Waals surface area contributed by atoms with Crippen LogP contribution in [0.25, 0.3) is 11.0 Å². The Balaban J connectivity index is 2.22. The Morgan fingerprint density at radius 1 is 1.56 bits per heavy atom. The van der Waals surface area contributed by atoms with Gasteiger partial charge in [-0.15, -0.1) is 11.6 Å². The monoisotopic (exact) mass is 259 g/mol. The van der Waals surface area contributed by atoms with Gasteiger partial charge in [0.15, 0.2) is 0 Å². The van der Waals surface area contributed by atoms with Crippen molar-refractivity contribution < 1.29 is 0 Å². The van der Waals surface area contributed by atoms with Gasteiger partial charge in [0.1, 0.15) is 17.4 Å². The standard InChI is InChI=1S/C14H14ClN3/c1-9(15)14-17-13-11(7-16)3-2-4-12(13)18(14)8-10-5-6-10/h2-4,9-10H,5-6,8H2,1H3. The number of para-hydroxylation sites is 1. The van der Waals surface area contributed by atoms with E-state index in [4.69, 9.17) is 16.9 Å². The van der Waals surface area contributed by atoms with Crippen molar-refractivity contribution in [1.29, 1.82) is 5.26 Å². The number of hydrogen-bond donors (Lipinski definition) is 0. The number of imidazole rings is 1. The molecule has 0 radical (unpaired) electrons. The van der Waals surface area contributed by atoms with Gasteiger partial charge < -0.3 is 4.57 Å². The average Bonchev–Trinajstić information content (AvgIpc) is 3.09. The Morgan fingerprint density at radius 2 is 2.33 bits per heavy atom. The van der Waals surface area contributed by atoms with Gasteiger partial charge in [-0.25, -0.2) is 4.98 Å². The number of nitriles is 1. The summed E-state index contributed by atoms with van der Waals surface area (Å²) in [7, 11) is 0. The van der Waals surface area contributed by atoms with Crippen LogP contribution in [0.1, 0.15) is 36.5 Å². The molecule has 3 nitrogen and oxygen atoms in total. The third-order valence-electron chi connectivity index (χ3n) is 3.42. The fraction of sp³-hybridized carbons (Fsp3) is 0.429. The van der Waals surface area contributed by atoms with Crippen LogP contribution in [0.15, 0.2) is 18.2 Å². The summed E-state index contributed by atoms with van der Waals surface area (Å²) in [5.41, 5.74) is 2.44. The molecule has 1 unspecified atom stereocenters. The van der Waals surface area contributed by atoms with Crippen LogP contribution < -0.4 is 0 Å². The molecule has 1 saturated carbocycles. The molecule has 1 fully saturated rings. The van der Waals surface area contributed by atoms with Crippen molar-refractivity contribution in [3.63, 3.8) is 0 Å². The van der Waals surface area contributed by atoms with Crippen molar-refractivity contribution in [3.05, 3.63) is 29.6 Å². The van der Waals surface area contributed by atoms with E-state index >= 15 is 0 Å². The second-order valence-electron chi connectivity index (χ2n) is 4.93. The van der Waals surface area contributed by atoms with Gasteiger partial charge in [0, 0.05) is 6.54 Å². The van der Waals surface area contributed by atoms with Gasteiger partial charge >= 0.3 is 0 Å². The van der Waals surface area contributed by atoms with Crippen LogP contribution in [0.5, 0.6) is 0 Å². The van der Waals surface area contributed by atoms with Crippen molar-refractivity contribution in [1.82, 2.24) is 9.55 Å². The van der Waals surface area contributed by atoms with E-state index in [1.54, 1.807) is 6.07 Å². The highest BCUT2D eigenvalue weighted by Crippen LogP contribution is 2.34. The van der Waals surface area contributed by atoms with Crippen molar-refractivity contribution >= 4 is 22.6 Å². The van der Waals surface area contributed by atoms with Crippen molar-refractivity contribution in [2.75, 3.05) is 0 Å². The number of alkyl halides is 1. The molecule has 0 amide bonds. The lowest BCUT2D eigenvalue weighted by Gasteiger charge is -2.09. The molecule has 1 aromatic carbocycles. The van der Waals surface area contributed by atoms with Crippen molar-refractivity contribution in [2.45, 2.75) is 31.7 Å². The molecular formula is C14H14ClN3. The Morgan fingerprint density at radius 3 is 2.94 bits per heavy atom. The first-order valence-corrected chi connectivity index (χ1v) is 6.67. The Hall–Kier alpha value is -1.53. The van der Waals surface area contributed by atoms with E-state index < -0.39 is 0 Å². The molecule has 1 aliphatic rings. The third-order valence-corrected chi connectivity index (χ3v) is 3.62. The maximum absolute atomic E-state index is 9.14. The molecule has 0 bridgehead atoms. The second kappa shape index (κ2) is 4.29. The van der Waals surface area contributed by atoms with E-state index in [9.17, 15) is 0 Å².